The molecular formula is C9H17NO3. The zero-order valence-electron chi connectivity index (χ0n) is 8.28. The molecule has 1 aliphatic heterocycles. The van der Waals surface area contributed by atoms with Crippen LogP contribution in [0.5, 0.6) is 0 Å². The lowest BCUT2D eigenvalue weighted by Gasteiger charge is -2.28. The number of likely N-dealkylation sites (tertiary alicyclic amines) is 1. The Morgan fingerprint density at radius 3 is 2.62 bits per heavy atom. The molecule has 1 heterocycles. The third-order valence-electron chi connectivity index (χ3n) is 2.19. The molecular weight excluding hydrogens is 170 g/mol. The topological polar surface area (TPSA) is 38.8 Å². The van der Waals surface area contributed by atoms with Crippen LogP contribution in [-0.4, -0.2) is 43.9 Å². The highest BCUT2D eigenvalue weighted by atomic mass is 16.7. The maximum absolute atomic E-state index is 10.9. The largest absolute Gasteiger partial charge is 0.508 e. The molecule has 76 valence electrons. The fourth-order valence-electron chi connectivity index (χ4n) is 1.39. The van der Waals surface area contributed by atoms with Gasteiger partial charge in [0.2, 0.25) is 0 Å². The van der Waals surface area contributed by atoms with Gasteiger partial charge in [-0.05, 0) is 26.8 Å². The molecule has 0 unspecified atom stereocenters. The Morgan fingerprint density at radius 2 is 2.08 bits per heavy atom. The summed E-state index contributed by atoms with van der Waals surface area (Å²) in [6.07, 6.45) is 1.34. The van der Waals surface area contributed by atoms with E-state index in [1.165, 1.54) is 0 Å². The van der Waals surface area contributed by atoms with Crippen LogP contribution in [-0.2, 0) is 9.47 Å². The average Bonchev–Trinajstić information content (AvgIpc) is 2.09. The Hall–Kier alpha value is -0.770. The Morgan fingerprint density at radius 1 is 1.46 bits per heavy atom. The Labute approximate surface area is 78.8 Å². The SMILES string of the molecule is CCOC(=O)OC1CCN(C)CC1. The van der Waals surface area contributed by atoms with Gasteiger partial charge in [-0.15, -0.1) is 0 Å². The molecule has 4 heteroatoms. The highest BCUT2D eigenvalue weighted by molar-refractivity contribution is 5.60. The first-order chi connectivity index (χ1) is 6.22. The number of carbonyl (C=O) groups is 1. The lowest BCUT2D eigenvalue weighted by atomic mass is 10.1. The normalized spacial score (nSPS) is 19.8. The summed E-state index contributed by atoms with van der Waals surface area (Å²) < 4.78 is 9.79. The minimum absolute atomic E-state index is 0.0512. The average molecular weight is 187 g/mol. The van der Waals surface area contributed by atoms with Gasteiger partial charge < -0.3 is 14.4 Å². The maximum atomic E-state index is 10.9. The second-order valence-electron chi connectivity index (χ2n) is 3.30. The van der Waals surface area contributed by atoms with Crippen LogP contribution in [0.25, 0.3) is 0 Å². The summed E-state index contributed by atoms with van der Waals surface area (Å²) in [5.74, 6) is 0. The standard InChI is InChI=1S/C9H17NO3/c1-3-12-9(11)13-8-4-6-10(2)7-5-8/h8H,3-7H2,1-2H3. The summed E-state index contributed by atoms with van der Waals surface area (Å²) in [5.41, 5.74) is 0. The first-order valence-corrected chi connectivity index (χ1v) is 4.74. The molecule has 1 aliphatic rings. The molecule has 1 fully saturated rings. The fraction of sp³-hybridized carbons (Fsp3) is 0.889. The summed E-state index contributed by atoms with van der Waals surface area (Å²) in [6, 6.07) is 0. The molecule has 0 N–H and O–H groups in total. The number of hydrogen-bond donors (Lipinski definition) is 0. The van der Waals surface area contributed by atoms with Gasteiger partial charge in [-0.25, -0.2) is 4.79 Å². The quantitative estimate of drug-likeness (QED) is 0.610. The van der Waals surface area contributed by atoms with Gasteiger partial charge >= 0.3 is 6.16 Å². The molecule has 0 spiro atoms. The second-order valence-corrected chi connectivity index (χ2v) is 3.30. The van der Waals surface area contributed by atoms with Crippen molar-refractivity contribution >= 4 is 6.16 Å². The zero-order valence-corrected chi connectivity index (χ0v) is 8.28. The van der Waals surface area contributed by atoms with E-state index in [1.54, 1.807) is 6.92 Å². The number of nitrogens with zero attached hydrogens (tertiary/aromatic N) is 1. The fourth-order valence-corrected chi connectivity index (χ4v) is 1.39. The van der Waals surface area contributed by atoms with E-state index in [0.717, 1.165) is 25.9 Å². The summed E-state index contributed by atoms with van der Waals surface area (Å²) in [4.78, 5) is 13.2. The molecule has 0 aromatic heterocycles. The Balaban J connectivity index is 2.18. The molecule has 0 saturated carbocycles. The highest BCUT2D eigenvalue weighted by Crippen LogP contribution is 2.12. The van der Waals surface area contributed by atoms with Crippen LogP contribution in [0.3, 0.4) is 0 Å². The van der Waals surface area contributed by atoms with Gasteiger partial charge in [-0.3, -0.25) is 0 Å². The van der Waals surface area contributed by atoms with E-state index >= 15 is 0 Å². The summed E-state index contributed by atoms with van der Waals surface area (Å²) in [6.45, 7) is 4.13. The summed E-state index contributed by atoms with van der Waals surface area (Å²) >= 11 is 0. The smallest absolute Gasteiger partial charge is 0.435 e. The molecule has 0 aliphatic carbocycles. The Kier molecular flexibility index (Phi) is 4.02. The summed E-state index contributed by atoms with van der Waals surface area (Å²) in [5, 5.41) is 0. The van der Waals surface area contributed by atoms with Crippen molar-refractivity contribution in [2.45, 2.75) is 25.9 Å². The minimum Gasteiger partial charge on any atom is -0.435 e. The van der Waals surface area contributed by atoms with Crippen molar-refractivity contribution < 1.29 is 14.3 Å². The van der Waals surface area contributed by atoms with Crippen molar-refractivity contribution in [1.29, 1.82) is 0 Å². The van der Waals surface area contributed by atoms with Crippen LogP contribution < -0.4 is 0 Å². The Bertz CT molecular complexity index is 164. The second kappa shape index (κ2) is 5.07. The zero-order chi connectivity index (χ0) is 9.68. The van der Waals surface area contributed by atoms with Gasteiger partial charge in [0.05, 0.1) is 6.61 Å². The van der Waals surface area contributed by atoms with Gasteiger partial charge in [0.25, 0.3) is 0 Å². The van der Waals surface area contributed by atoms with Crippen LogP contribution >= 0.6 is 0 Å². The van der Waals surface area contributed by atoms with Gasteiger partial charge in [0, 0.05) is 13.1 Å². The van der Waals surface area contributed by atoms with Crippen LogP contribution in [0.15, 0.2) is 0 Å². The number of rotatable bonds is 2. The lowest BCUT2D eigenvalue weighted by Crippen LogP contribution is -2.35. The van der Waals surface area contributed by atoms with Gasteiger partial charge in [-0.1, -0.05) is 0 Å². The maximum Gasteiger partial charge on any atom is 0.508 e. The number of piperidine rings is 1. The van der Waals surface area contributed by atoms with Crippen LogP contribution in [0, 0.1) is 0 Å². The van der Waals surface area contributed by atoms with E-state index in [4.69, 9.17) is 9.47 Å². The van der Waals surface area contributed by atoms with Crippen LogP contribution in [0.2, 0.25) is 0 Å². The third kappa shape index (κ3) is 3.63. The van der Waals surface area contributed by atoms with E-state index in [1.807, 2.05) is 0 Å². The molecule has 0 bridgehead atoms. The minimum atomic E-state index is -0.531. The molecule has 0 amide bonds. The van der Waals surface area contributed by atoms with Crippen molar-refractivity contribution in [3.63, 3.8) is 0 Å². The van der Waals surface area contributed by atoms with E-state index in [9.17, 15) is 4.79 Å². The molecule has 1 saturated heterocycles. The van der Waals surface area contributed by atoms with E-state index in [0.29, 0.717) is 6.61 Å². The first-order valence-electron chi connectivity index (χ1n) is 4.74. The molecule has 13 heavy (non-hydrogen) atoms. The predicted octanol–water partition coefficient (Wildman–Crippen LogP) is 1.25. The molecule has 1 rings (SSSR count). The van der Waals surface area contributed by atoms with Crippen molar-refractivity contribution in [3.05, 3.63) is 0 Å². The van der Waals surface area contributed by atoms with E-state index in [2.05, 4.69) is 11.9 Å². The highest BCUT2D eigenvalue weighted by Gasteiger charge is 2.20. The number of carbonyl (C=O) groups excluding carboxylic acids is 1. The van der Waals surface area contributed by atoms with Crippen LogP contribution in [0.1, 0.15) is 19.8 Å². The van der Waals surface area contributed by atoms with Gasteiger partial charge in [-0.2, -0.15) is 0 Å². The molecule has 4 nitrogen and oxygen atoms in total. The molecule has 0 aromatic carbocycles. The molecule has 0 aromatic rings. The first kappa shape index (κ1) is 10.3. The van der Waals surface area contributed by atoms with Gasteiger partial charge in [0.15, 0.2) is 0 Å². The van der Waals surface area contributed by atoms with Crippen molar-refractivity contribution in [1.82, 2.24) is 4.90 Å². The van der Waals surface area contributed by atoms with E-state index in [-0.39, 0.29) is 6.10 Å². The summed E-state index contributed by atoms with van der Waals surface area (Å²) in [7, 11) is 2.07. The van der Waals surface area contributed by atoms with Gasteiger partial charge in [0.1, 0.15) is 6.10 Å². The number of hydrogen-bond acceptors (Lipinski definition) is 4. The van der Waals surface area contributed by atoms with E-state index < -0.39 is 6.16 Å². The predicted molar refractivity (Wildman–Crippen MR) is 48.6 cm³/mol. The lowest BCUT2D eigenvalue weighted by molar-refractivity contribution is 0.00496. The van der Waals surface area contributed by atoms with Crippen molar-refractivity contribution in [2.24, 2.45) is 0 Å². The molecule has 0 atom stereocenters. The van der Waals surface area contributed by atoms with Crippen molar-refractivity contribution in [3.8, 4) is 0 Å². The molecule has 0 radical (unpaired) electrons. The van der Waals surface area contributed by atoms with Crippen LogP contribution in [0.4, 0.5) is 4.79 Å². The monoisotopic (exact) mass is 187 g/mol. The van der Waals surface area contributed by atoms with Crippen molar-refractivity contribution in [2.75, 3.05) is 26.7 Å². The third-order valence-corrected chi connectivity index (χ3v) is 2.19. The number of ether oxygens (including phenoxy) is 2.